The predicted octanol–water partition coefficient (Wildman–Crippen LogP) is 2.69. The van der Waals surface area contributed by atoms with Gasteiger partial charge in [0.15, 0.2) is 0 Å². The summed E-state index contributed by atoms with van der Waals surface area (Å²) < 4.78 is 9.07. The fourth-order valence-electron chi connectivity index (χ4n) is 3.07. The first-order valence-corrected chi connectivity index (χ1v) is 8.36. The lowest BCUT2D eigenvalue weighted by Gasteiger charge is -2.32. The summed E-state index contributed by atoms with van der Waals surface area (Å²) in [6.07, 6.45) is 3.36. The third kappa shape index (κ3) is 2.95. The molecule has 2 atom stereocenters. The molecule has 20 heavy (non-hydrogen) atoms. The monoisotopic (exact) mass is 343 g/mol. The molecular formula is C15H26BrN3O. The van der Waals surface area contributed by atoms with Crippen LogP contribution in [-0.4, -0.2) is 35.6 Å². The topological polar surface area (TPSA) is 39.1 Å². The first-order chi connectivity index (χ1) is 9.54. The van der Waals surface area contributed by atoms with Crippen LogP contribution < -0.4 is 5.32 Å². The lowest BCUT2D eigenvalue weighted by Crippen LogP contribution is -2.41. The molecule has 114 valence electrons. The number of hydrogen-bond acceptors (Lipinski definition) is 3. The second-order valence-corrected chi connectivity index (χ2v) is 6.56. The molecule has 0 aliphatic carbocycles. The van der Waals surface area contributed by atoms with Crippen LogP contribution in [0.25, 0.3) is 0 Å². The summed E-state index contributed by atoms with van der Waals surface area (Å²) >= 11 is 3.74. The van der Waals surface area contributed by atoms with Crippen LogP contribution in [0.15, 0.2) is 4.47 Å². The molecule has 1 aliphatic heterocycles. The minimum Gasteiger partial charge on any atom is -0.378 e. The van der Waals surface area contributed by atoms with E-state index in [1.165, 1.54) is 10.2 Å². The summed E-state index contributed by atoms with van der Waals surface area (Å²) in [6.45, 7) is 9.37. The van der Waals surface area contributed by atoms with E-state index in [-0.39, 0.29) is 11.5 Å². The average molecular weight is 344 g/mol. The number of nitrogens with one attached hydrogen (secondary N) is 1. The van der Waals surface area contributed by atoms with Crippen LogP contribution >= 0.6 is 15.9 Å². The van der Waals surface area contributed by atoms with Gasteiger partial charge >= 0.3 is 0 Å². The molecule has 2 heterocycles. The van der Waals surface area contributed by atoms with E-state index in [0.29, 0.717) is 0 Å². The molecule has 2 rings (SSSR count). The molecule has 1 aromatic rings. The molecule has 4 nitrogen and oxygen atoms in total. The van der Waals surface area contributed by atoms with Crippen molar-refractivity contribution in [2.24, 2.45) is 12.5 Å². The SMILES string of the molecule is CCNCC1(Cc2c(Br)c(CC)nn2C)CCOC1C. The summed E-state index contributed by atoms with van der Waals surface area (Å²) in [6, 6.07) is 0. The smallest absolute Gasteiger partial charge is 0.0766 e. The van der Waals surface area contributed by atoms with E-state index in [2.05, 4.69) is 47.1 Å². The molecule has 0 aromatic carbocycles. The zero-order valence-corrected chi connectivity index (χ0v) is 14.6. The third-order valence-corrected chi connectivity index (χ3v) is 5.50. The second-order valence-electron chi connectivity index (χ2n) is 5.77. The molecule has 0 amide bonds. The number of aromatic nitrogens is 2. The lowest BCUT2D eigenvalue weighted by molar-refractivity contribution is 0.0623. The van der Waals surface area contributed by atoms with Crippen molar-refractivity contribution in [3.8, 4) is 0 Å². The van der Waals surface area contributed by atoms with Crippen molar-refractivity contribution in [2.45, 2.75) is 46.1 Å². The zero-order valence-electron chi connectivity index (χ0n) is 13.0. The summed E-state index contributed by atoms with van der Waals surface area (Å²) in [7, 11) is 2.04. The third-order valence-electron chi connectivity index (χ3n) is 4.58. The molecule has 0 radical (unpaired) electrons. The molecule has 5 heteroatoms. The first kappa shape index (κ1) is 16.0. The molecule has 2 unspecified atom stereocenters. The lowest BCUT2D eigenvalue weighted by atomic mass is 9.77. The summed E-state index contributed by atoms with van der Waals surface area (Å²) in [5, 5.41) is 8.13. The summed E-state index contributed by atoms with van der Waals surface area (Å²) in [5.74, 6) is 0. The van der Waals surface area contributed by atoms with Gasteiger partial charge in [0.2, 0.25) is 0 Å². The van der Waals surface area contributed by atoms with Crippen molar-refractivity contribution < 1.29 is 4.74 Å². The van der Waals surface area contributed by atoms with Crippen molar-refractivity contribution >= 4 is 15.9 Å². The van der Waals surface area contributed by atoms with Gasteiger partial charge in [-0.25, -0.2) is 0 Å². The van der Waals surface area contributed by atoms with Gasteiger partial charge in [-0.2, -0.15) is 5.10 Å². The molecular weight excluding hydrogens is 318 g/mol. The van der Waals surface area contributed by atoms with E-state index in [1.807, 2.05) is 11.7 Å². The Morgan fingerprint density at radius 1 is 1.50 bits per heavy atom. The molecule has 1 aromatic heterocycles. The molecule has 1 fully saturated rings. The number of hydrogen-bond donors (Lipinski definition) is 1. The van der Waals surface area contributed by atoms with E-state index in [9.17, 15) is 0 Å². The van der Waals surface area contributed by atoms with E-state index < -0.39 is 0 Å². The number of nitrogens with zero attached hydrogens (tertiary/aromatic N) is 2. The fraction of sp³-hybridized carbons (Fsp3) is 0.800. The van der Waals surface area contributed by atoms with Gasteiger partial charge < -0.3 is 10.1 Å². The quantitative estimate of drug-likeness (QED) is 0.862. The van der Waals surface area contributed by atoms with Crippen molar-refractivity contribution in [2.75, 3.05) is 19.7 Å². The zero-order chi connectivity index (χ0) is 14.8. The first-order valence-electron chi connectivity index (χ1n) is 7.56. The van der Waals surface area contributed by atoms with Crippen LogP contribution in [0.3, 0.4) is 0 Å². The normalized spacial score (nSPS) is 26.4. The highest BCUT2D eigenvalue weighted by molar-refractivity contribution is 9.10. The molecule has 0 bridgehead atoms. The van der Waals surface area contributed by atoms with Crippen LogP contribution in [0.5, 0.6) is 0 Å². The van der Waals surface area contributed by atoms with Gasteiger partial charge in [0, 0.05) is 25.6 Å². The maximum absolute atomic E-state index is 5.87. The second kappa shape index (κ2) is 6.58. The predicted molar refractivity (Wildman–Crippen MR) is 85.0 cm³/mol. The maximum Gasteiger partial charge on any atom is 0.0766 e. The van der Waals surface area contributed by atoms with E-state index in [1.54, 1.807) is 0 Å². The van der Waals surface area contributed by atoms with Gasteiger partial charge in [0.1, 0.15) is 0 Å². The Bertz CT molecular complexity index is 460. The van der Waals surface area contributed by atoms with Crippen LogP contribution in [0, 0.1) is 5.41 Å². The van der Waals surface area contributed by atoms with Crippen molar-refractivity contribution in [3.05, 3.63) is 15.9 Å². The Morgan fingerprint density at radius 2 is 2.25 bits per heavy atom. The number of rotatable bonds is 6. The van der Waals surface area contributed by atoms with Gasteiger partial charge in [-0.15, -0.1) is 0 Å². The highest BCUT2D eigenvalue weighted by atomic mass is 79.9. The van der Waals surface area contributed by atoms with Crippen molar-refractivity contribution in [3.63, 3.8) is 0 Å². The maximum atomic E-state index is 5.87. The number of aryl methyl sites for hydroxylation is 2. The standard InChI is InChI=1S/C15H26BrN3O/c1-5-12-14(16)13(19(4)18-12)9-15(10-17-6-2)7-8-20-11(15)3/h11,17H,5-10H2,1-4H3. The van der Waals surface area contributed by atoms with Gasteiger partial charge in [-0.1, -0.05) is 13.8 Å². The van der Waals surface area contributed by atoms with Gasteiger partial charge in [-0.3, -0.25) is 4.68 Å². The Kier molecular flexibility index (Phi) is 5.26. The minimum atomic E-state index is 0.178. The summed E-state index contributed by atoms with van der Waals surface area (Å²) in [4.78, 5) is 0. The van der Waals surface area contributed by atoms with E-state index >= 15 is 0 Å². The molecule has 0 spiro atoms. The van der Waals surface area contributed by atoms with Crippen LogP contribution in [-0.2, 0) is 24.6 Å². The Labute approximate surface area is 130 Å². The van der Waals surface area contributed by atoms with Gasteiger partial charge in [0.25, 0.3) is 0 Å². The van der Waals surface area contributed by atoms with E-state index in [4.69, 9.17) is 4.74 Å². The Hall–Kier alpha value is -0.390. The average Bonchev–Trinajstić information content (AvgIpc) is 2.92. The van der Waals surface area contributed by atoms with Crippen LogP contribution in [0.2, 0.25) is 0 Å². The highest BCUT2D eigenvalue weighted by Crippen LogP contribution is 2.39. The van der Waals surface area contributed by atoms with Gasteiger partial charge in [-0.05, 0) is 48.7 Å². The largest absolute Gasteiger partial charge is 0.378 e. The van der Waals surface area contributed by atoms with Crippen LogP contribution in [0.1, 0.15) is 38.6 Å². The molecule has 1 N–H and O–H groups in total. The minimum absolute atomic E-state index is 0.178. The van der Waals surface area contributed by atoms with Crippen LogP contribution in [0.4, 0.5) is 0 Å². The molecule has 1 saturated heterocycles. The van der Waals surface area contributed by atoms with E-state index in [0.717, 1.165) is 44.7 Å². The highest BCUT2D eigenvalue weighted by Gasteiger charge is 2.42. The van der Waals surface area contributed by atoms with Crippen molar-refractivity contribution in [1.82, 2.24) is 15.1 Å². The summed E-state index contributed by atoms with van der Waals surface area (Å²) in [5.41, 5.74) is 2.61. The Balaban J connectivity index is 2.26. The molecule has 1 aliphatic rings. The number of halogens is 1. The van der Waals surface area contributed by atoms with Crippen molar-refractivity contribution in [1.29, 1.82) is 0 Å². The van der Waals surface area contributed by atoms with Gasteiger partial charge in [0.05, 0.1) is 22.0 Å². The number of ether oxygens (including phenoxy) is 1. The Morgan fingerprint density at radius 3 is 2.75 bits per heavy atom. The molecule has 0 saturated carbocycles. The fourth-order valence-corrected chi connectivity index (χ4v) is 3.82.